The molecular formula is C25H16. The van der Waals surface area contributed by atoms with Gasteiger partial charge in [0.25, 0.3) is 0 Å². The molecule has 0 radical (unpaired) electrons. The summed E-state index contributed by atoms with van der Waals surface area (Å²) in [4.78, 5) is 0. The second-order valence-electron chi connectivity index (χ2n) is 5.60. The van der Waals surface area contributed by atoms with Gasteiger partial charge in [-0.15, -0.1) is 6.42 Å². The Bertz CT molecular complexity index is 1050. The highest BCUT2D eigenvalue weighted by molar-refractivity contribution is 5.56. The largest absolute Gasteiger partial charge is 0.115 e. The lowest BCUT2D eigenvalue weighted by Crippen LogP contribution is -1.85. The van der Waals surface area contributed by atoms with Crippen LogP contribution in [0.4, 0.5) is 0 Å². The number of hydrogen-bond acceptors (Lipinski definition) is 0. The lowest BCUT2D eigenvalue weighted by molar-refractivity contribution is 1.46. The summed E-state index contributed by atoms with van der Waals surface area (Å²) in [5.74, 6) is 15.5. The summed E-state index contributed by atoms with van der Waals surface area (Å²) in [5, 5.41) is 0. The summed E-state index contributed by atoms with van der Waals surface area (Å²) in [6.45, 7) is 2.07. The Morgan fingerprint density at radius 1 is 0.560 bits per heavy atom. The average Bonchev–Trinajstić information content (AvgIpc) is 2.67. The molecule has 3 rings (SSSR count). The zero-order valence-electron chi connectivity index (χ0n) is 14.0. The normalized spacial score (nSPS) is 9.12. The lowest BCUT2D eigenvalue weighted by Gasteiger charge is -1.97. The van der Waals surface area contributed by atoms with Crippen LogP contribution >= 0.6 is 0 Å². The molecule has 0 heteroatoms. The van der Waals surface area contributed by atoms with Crippen molar-refractivity contribution in [2.75, 3.05) is 0 Å². The molecule has 25 heavy (non-hydrogen) atoms. The van der Waals surface area contributed by atoms with E-state index in [1.54, 1.807) is 0 Å². The van der Waals surface area contributed by atoms with Crippen molar-refractivity contribution in [2.24, 2.45) is 0 Å². The maximum atomic E-state index is 5.53. The Morgan fingerprint density at radius 3 is 1.52 bits per heavy atom. The minimum absolute atomic E-state index is 0.804. The maximum absolute atomic E-state index is 5.53. The molecule has 0 spiro atoms. The first kappa shape index (κ1) is 16.2. The Hall–Kier alpha value is -3.66. The van der Waals surface area contributed by atoms with Gasteiger partial charge in [-0.05, 0) is 43.3 Å². The zero-order valence-corrected chi connectivity index (χ0v) is 14.0. The van der Waals surface area contributed by atoms with Gasteiger partial charge in [0, 0.05) is 27.8 Å². The van der Waals surface area contributed by atoms with Crippen LogP contribution in [0.3, 0.4) is 0 Å². The minimum Gasteiger partial charge on any atom is -0.115 e. The van der Waals surface area contributed by atoms with Crippen molar-refractivity contribution in [3.63, 3.8) is 0 Å². The van der Waals surface area contributed by atoms with Crippen molar-refractivity contribution in [1.82, 2.24) is 0 Å². The number of rotatable bonds is 0. The smallest absolute Gasteiger partial charge is 0.0405 e. The highest BCUT2D eigenvalue weighted by Crippen LogP contribution is 2.09. The van der Waals surface area contributed by atoms with E-state index in [0.29, 0.717) is 0 Å². The van der Waals surface area contributed by atoms with E-state index in [4.69, 9.17) is 6.42 Å². The highest BCUT2D eigenvalue weighted by atomic mass is 14.0. The van der Waals surface area contributed by atoms with Gasteiger partial charge in [0.05, 0.1) is 0 Å². The van der Waals surface area contributed by atoms with Crippen molar-refractivity contribution in [1.29, 1.82) is 0 Å². The van der Waals surface area contributed by atoms with Crippen molar-refractivity contribution in [3.05, 3.63) is 106 Å². The average molecular weight is 316 g/mol. The summed E-state index contributed by atoms with van der Waals surface area (Å²) in [6, 6.07) is 23.8. The second kappa shape index (κ2) is 7.75. The molecule has 0 aliphatic carbocycles. The van der Waals surface area contributed by atoms with Gasteiger partial charge < -0.3 is 0 Å². The quantitative estimate of drug-likeness (QED) is 0.524. The molecule has 0 saturated carbocycles. The molecule has 0 nitrogen and oxygen atoms in total. The monoisotopic (exact) mass is 316 g/mol. The fourth-order valence-electron chi connectivity index (χ4n) is 2.33. The third kappa shape index (κ3) is 4.20. The van der Waals surface area contributed by atoms with Crippen molar-refractivity contribution in [2.45, 2.75) is 6.92 Å². The Kier molecular flexibility index (Phi) is 5.02. The van der Waals surface area contributed by atoms with Gasteiger partial charge in [-0.2, -0.15) is 0 Å². The molecular weight excluding hydrogens is 300 g/mol. The molecule has 3 aromatic rings. The fraction of sp³-hybridized carbons (Fsp3) is 0.0400. The van der Waals surface area contributed by atoms with Crippen LogP contribution in [0.25, 0.3) is 0 Å². The van der Waals surface area contributed by atoms with E-state index in [9.17, 15) is 0 Å². The maximum Gasteiger partial charge on any atom is 0.0405 e. The Balaban J connectivity index is 1.95. The molecule has 0 aliphatic rings. The van der Waals surface area contributed by atoms with Gasteiger partial charge in [-0.3, -0.25) is 0 Å². The molecule has 116 valence electrons. The number of terminal acetylenes is 1. The first-order valence-electron chi connectivity index (χ1n) is 8.01. The zero-order chi connectivity index (χ0) is 17.5. The topological polar surface area (TPSA) is 0 Å². The van der Waals surface area contributed by atoms with Gasteiger partial charge >= 0.3 is 0 Å². The van der Waals surface area contributed by atoms with Crippen LogP contribution in [-0.2, 0) is 0 Å². The van der Waals surface area contributed by atoms with Gasteiger partial charge in [0.15, 0.2) is 0 Å². The lowest BCUT2D eigenvalue weighted by atomic mass is 10.1. The van der Waals surface area contributed by atoms with Crippen LogP contribution in [0.15, 0.2) is 72.8 Å². The van der Waals surface area contributed by atoms with Crippen LogP contribution in [-0.4, -0.2) is 0 Å². The molecule has 0 fully saturated rings. The summed E-state index contributed by atoms with van der Waals surface area (Å²) < 4.78 is 0. The molecule has 0 atom stereocenters. The van der Waals surface area contributed by atoms with E-state index in [1.807, 2.05) is 60.7 Å². The molecule has 0 aliphatic heterocycles. The molecule has 0 amide bonds. The van der Waals surface area contributed by atoms with Gasteiger partial charge in [0.1, 0.15) is 0 Å². The number of aryl methyl sites for hydroxylation is 1. The second-order valence-corrected chi connectivity index (χ2v) is 5.60. The van der Waals surface area contributed by atoms with Crippen molar-refractivity contribution in [3.8, 4) is 36.0 Å². The van der Waals surface area contributed by atoms with Crippen LogP contribution in [0.5, 0.6) is 0 Å². The first-order valence-corrected chi connectivity index (χ1v) is 8.01. The van der Waals surface area contributed by atoms with E-state index in [-0.39, 0.29) is 0 Å². The first-order chi connectivity index (χ1) is 12.3. The summed E-state index contributed by atoms with van der Waals surface area (Å²) in [6.07, 6.45) is 5.53. The van der Waals surface area contributed by atoms with Gasteiger partial charge in [-0.25, -0.2) is 0 Å². The predicted molar refractivity (Wildman–Crippen MR) is 104 cm³/mol. The van der Waals surface area contributed by atoms with Crippen molar-refractivity contribution < 1.29 is 0 Å². The SMILES string of the molecule is C#Cc1ccccc1C#Cc1ccccc1C#Cc1ccc(C)cc1. The highest BCUT2D eigenvalue weighted by Gasteiger charge is 1.97. The number of benzene rings is 3. The van der Waals surface area contributed by atoms with E-state index in [0.717, 1.165) is 27.8 Å². The summed E-state index contributed by atoms with van der Waals surface area (Å²) >= 11 is 0. The van der Waals surface area contributed by atoms with Crippen LogP contribution in [0.1, 0.15) is 33.4 Å². The third-order valence-corrected chi connectivity index (χ3v) is 3.73. The van der Waals surface area contributed by atoms with Crippen molar-refractivity contribution >= 4 is 0 Å². The summed E-state index contributed by atoms with van der Waals surface area (Å²) in [5.41, 5.74) is 5.68. The third-order valence-electron chi connectivity index (χ3n) is 3.73. The van der Waals surface area contributed by atoms with E-state index >= 15 is 0 Å². The van der Waals surface area contributed by atoms with Gasteiger partial charge in [-0.1, -0.05) is 71.6 Å². The molecule has 3 aromatic carbocycles. The van der Waals surface area contributed by atoms with E-state index in [1.165, 1.54) is 5.56 Å². The number of hydrogen-bond donors (Lipinski definition) is 0. The van der Waals surface area contributed by atoms with E-state index < -0.39 is 0 Å². The molecule has 0 heterocycles. The van der Waals surface area contributed by atoms with Crippen LogP contribution in [0.2, 0.25) is 0 Å². The Morgan fingerprint density at radius 2 is 1.00 bits per heavy atom. The standard InChI is InChI=1S/C25H16/c1-3-22-8-4-5-9-23(22)18-19-25-11-7-6-10-24(25)17-16-21-14-12-20(2)13-15-21/h1,4-15H,2H3. The fourth-order valence-corrected chi connectivity index (χ4v) is 2.33. The van der Waals surface area contributed by atoms with Gasteiger partial charge in [0.2, 0.25) is 0 Å². The molecule has 0 saturated heterocycles. The van der Waals surface area contributed by atoms with E-state index in [2.05, 4.69) is 48.7 Å². The van der Waals surface area contributed by atoms with Crippen LogP contribution < -0.4 is 0 Å². The summed E-state index contributed by atoms with van der Waals surface area (Å²) in [7, 11) is 0. The molecule has 0 N–H and O–H groups in total. The molecule has 0 aromatic heterocycles. The molecule has 0 unspecified atom stereocenters. The predicted octanol–water partition coefficient (Wildman–Crippen LogP) is 4.78. The minimum atomic E-state index is 0.804. The molecule has 0 bridgehead atoms. The Labute approximate surface area is 149 Å². The van der Waals surface area contributed by atoms with Crippen LogP contribution in [0, 0.1) is 42.9 Å².